The second-order valence-corrected chi connectivity index (χ2v) is 4.30. The lowest BCUT2D eigenvalue weighted by Gasteiger charge is -2.23. The Hall–Kier alpha value is -2.38. The Balaban J connectivity index is 2.41. The fourth-order valence-electron chi connectivity index (χ4n) is 2.22. The zero-order valence-corrected chi connectivity index (χ0v) is 11.0. The molecule has 8 nitrogen and oxygen atoms in total. The van der Waals surface area contributed by atoms with Crippen molar-refractivity contribution >= 4 is 18.3 Å². The number of hydrogen-bond donors (Lipinski definition) is 1. The molecule has 0 unspecified atom stereocenters. The van der Waals surface area contributed by atoms with Crippen LogP contribution < -0.4 is 0 Å². The quantitative estimate of drug-likeness (QED) is 0.629. The third kappa shape index (κ3) is 2.49. The summed E-state index contributed by atoms with van der Waals surface area (Å²) in [5.74, 6) is -0.588. The van der Waals surface area contributed by atoms with Gasteiger partial charge in [-0.25, -0.2) is 9.59 Å². The number of carbonyl (C=O) groups is 3. The van der Waals surface area contributed by atoms with Crippen molar-refractivity contribution in [3.05, 3.63) is 17.0 Å². The van der Waals surface area contributed by atoms with Crippen molar-refractivity contribution < 1.29 is 24.2 Å². The Bertz CT molecular complexity index is 552. The molecule has 1 amide bonds. The molecule has 1 aliphatic rings. The Morgan fingerprint density at radius 3 is 2.85 bits per heavy atom. The molecule has 1 aromatic rings. The van der Waals surface area contributed by atoms with E-state index in [1.54, 1.807) is 6.92 Å². The minimum Gasteiger partial charge on any atom is -0.465 e. The smallest absolute Gasteiger partial charge is 0.407 e. The van der Waals surface area contributed by atoms with Gasteiger partial charge in [0.15, 0.2) is 5.69 Å². The van der Waals surface area contributed by atoms with Gasteiger partial charge in [-0.2, -0.15) is 5.10 Å². The van der Waals surface area contributed by atoms with Crippen LogP contribution in [0, 0.1) is 0 Å². The summed E-state index contributed by atoms with van der Waals surface area (Å²) in [5, 5.41) is 13.2. The van der Waals surface area contributed by atoms with Crippen molar-refractivity contribution in [2.24, 2.45) is 0 Å². The largest absolute Gasteiger partial charge is 0.465 e. The van der Waals surface area contributed by atoms with E-state index in [9.17, 15) is 14.4 Å². The summed E-state index contributed by atoms with van der Waals surface area (Å²) in [5.41, 5.74) is 1.34. The van der Waals surface area contributed by atoms with Gasteiger partial charge in [0.05, 0.1) is 25.4 Å². The molecule has 1 N–H and O–H groups in total. The van der Waals surface area contributed by atoms with Gasteiger partial charge in [-0.1, -0.05) is 0 Å². The molecule has 1 aromatic heterocycles. The first-order chi connectivity index (χ1) is 9.58. The van der Waals surface area contributed by atoms with E-state index in [0.717, 1.165) is 0 Å². The van der Waals surface area contributed by atoms with E-state index in [1.807, 2.05) is 0 Å². The van der Waals surface area contributed by atoms with Gasteiger partial charge in [-0.15, -0.1) is 0 Å². The van der Waals surface area contributed by atoms with Crippen molar-refractivity contribution in [2.75, 3.05) is 13.2 Å². The SMILES string of the molecule is CCOC(=O)c1c2c(nn1CC=O)CCN(C(=O)O)C2. The maximum Gasteiger partial charge on any atom is 0.407 e. The Morgan fingerprint density at radius 2 is 2.25 bits per heavy atom. The van der Waals surface area contributed by atoms with Crippen LogP contribution >= 0.6 is 0 Å². The minimum absolute atomic E-state index is 0.0613. The molecule has 20 heavy (non-hydrogen) atoms. The lowest BCUT2D eigenvalue weighted by molar-refractivity contribution is -0.108. The van der Waals surface area contributed by atoms with Gasteiger partial charge in [-0.05, 0) is 6.92 Å². The van der Waals surface area contributed by atoms with Crippen LogP contribution in [0.4, 0.5) is 4.79 Å². The number of carbonyl (C=O) groups excluding carboxylic acids is 2. The number of amides is 1. The molecule has 8 heteroatoms. The normalized spacial score (nSPS) is 13.8. The molecule has 0 saturated carbocycles. The molecule has 0 saturated heterocycles. The van der Waals surface area contributed by atoms with Crippen molar-refractivity contribution in [1.29, 1.82) is 0 Å². The van der Waals surface area contributed by atoms with E-state index in [0.29, 0.717) is 30.5 Å². The van der Waals surface area contributed by atoms with Crippen molar-refractivity contribution in [2.45, 2.75) is 26.4 Å². The molecule has 0 spiro atoms. The number of nitrogens with zero attached hydrogens (tertiary/aromatic N) is 3. The molecular weight excluding hydrogens is 266 g/mol. The third-order valence-corrected chi connectivity index (χ3v) is 3.09. The van der Waals surface area contributed by atoms with E-state index in [2.05, 4.69) is 5.10 Å². The Labute approximate surface area is 114 Å². The highest BCUT2D eigenvalue weighted by atomic mass is 16.5. The summed E-state index contributed by atoms with van der Waals surface area (Å²) < 4.78 is 6.23. The first-order valence-electron chi connectivity index (χ1n) is 6.25. The molecule has 0 bridgehead atoms. The number of fused-ring (bicyclic) bond motifs is 1. The fourth-order valence-corrected chi connectivity index (χ4v) is 2.22. The average molecular weight is 281 g/mol. The van der Waals surface area contributed by atoms with Crippen LogP contribution in [0.3, 0.4) is 0 Å². The number of rotatable bonds is 4. The second-order valence-electron chi connectivity index (χ2n) is 4.30. The number of ether oxygens (including phenoxy) is 1. The maximum absolute atomic E-state index is 12.0. The van der Waals surface area contributed by atoms with E-state index in [-0.39, 0.29) is 25.4 Å². The fraction of sp³-hybridized carbons (Fsp3) is 0.500. The van der Waals surface area contributed by atoms with Crippen LogP contribution in [0.5, 0.6) is 0 Å². The number of hydrogen-bond acceptors (Lipinski definition) is 5. The standard InChI is InChI=1S/C12H15N3O5/c1-2-20-11(17)10-8-7-14(12(18)19)4-3-9(8)13-15(10)5-6-16/h6H,2-5,7H2,1H3,(H,18,19). The summed E-state index contributed by atoms with van der Waals surface area (Å²) in [4.78, 5) is 34.9. The number of aldehydes is 1. The summed E-state index contributed by atoms with van der Waals surface area (Å²) in [7, 11) is 0. The summed E-state index contributed by atoms with van der Waals surface area (Å²) in [6, 6.07) is 0. The predicted octanol–water partition coefficient (Wildman–Crippen LogP) is 0.295. The zero-order valence-electron chi connectivity index (χ0n) is 11.0. The monoisotopic (exact) mass is 281 g/mol. The summed E-state index contributed by atoms with van der Waals surface area (Å²) in [6.07, 6.45) is 0.00403. The third-order valence-electron chi connectivity index (χ3n) is 3.09. The first kappa shape index (κ1) is 14.0. The number of carboxylic acid groups (broad SMARTS) is 1. The molecule has 2 rings (SSSR count). The maximum atomic E-state index is 12.0. The second kappa shape index (κ2) is 5.72. The zero-order chi connectivity index (χ0) is 14.7. The van der Waals surface area contributed by atoms with Crippen molar-refractivity contribution in [3.63, 3.8) is 0 Å². The molecule has 0 atom stereocenters. The lowest BCUT2D eigenvalue weighted by atomic mass is 10.1. The van der Waals surface area contributed by atoms with E-state index in [1.165, 1.54) is 9.58 Å². The highest BCUT2D eigenvalue weighted by Gasteiger charge is 2.30. The molecule has 1 aliphatic heterocycles. The van der Waals surface area contributed by atoms with Crippen LogP contribution in [0.1, 0.15) is 28.7 Å². The van der Waals surface area contributed by atoms with Gasteiger partial charge in [0.1, 0.15) is 6.29 Å². The molecule has 2 heterocycles. The van der Waals surface area contributed by atoms with Crippen molar-refractivity contribution in [3.8, 4) is 0 Å². The summed E-state index contributed by atoms with van der Waals surface area (Å²) in [6.45, 7) is 2.21. The van der Waals surface area contributed by atoms with Crippen LogP contribution in [0.15, 0.2) is 0 Å². The molecule has 0 aromatic carbocycles. The topological polar surface area (TPSA) is 102 Å². The summed E-state index contributed by atoms with van der Waals surface area (Å²) >= 11 is 0. The molecule has 0 aliphatic carbocycles. The van der Waals surface area contributed by atoms with Gasteiger partial charge in [0.2, 0.25) is 0 Å². The number of aromatic nitrogens is 2. The van der Waals surface area contributed by atoms with Crippen LogP contribution in [0.2, 0.25) is 0 Å². The Kier molecular flexibility index (Phi) is 4.02. The minimum atomic E-state index is -1.05. The highest BCUT2D eigenvalue weighted by Crippen LogP contribution is 2.23. The predicted molar refractivity (Wildman–Crippen MR) is 66.4 cm³/mol. The van der Waals surface area contributed by atoms with E-state index >= 15 is 0 Å². The molecule has 0 fully saturated rings. The van der Waals surface area contributed by atoms with Gasteiger partial charge >= 0.3 is 12.1 Å². The van der Waals surface area contributed by atoms with Gasteiger partial charge in [0.25, 0.3) is 0 Å². The van der Waals surface area contributed by atoms with Crippen LogP contribution in [-0.2, 0) is 29.0 Å². The molecule has 108 valence electrons. The van der Waals surface area contributed by atoms with E-state index < -0.39 is 12.1 Å². The molecular formula is C12H15N3O5. The van der Waals surface area contributed by atoms with Gasteiger partial charge in [0, 0.05) is 18.5 Å². The van der Waals surface area contributed by atoms with Crippen LogP contribution in [-0.4, -0.2) is 51.3 Å². The van der Waals surface area contributed by atoms with Crippen LogP contribution in [0.25, 0.3) is 0 Å². The van der Waals surface area contributed by atoms with Gasteiger partial charge in [-0.3, -0.25) is 4.68 Å². The number of esters is 1. The average Bonchev–Trinajstić information content (AvgIpc) is 2.76. The molecule has 0 radical (unpaired) electrons. The van der Waals surface area contributed by atoms with Crippen molar-refractivity contribution in [1.82, 2.24) is 14.7 Å². The van der Waals surface area contributed by atoms with Gasteiger partial charge < -0.3 is 19.5 Å². The lowest BCUT2D eigenvalue weighted by Crippen LogP contribution is -2.35. The highest BCUT2D eigenvalue weighted by molar-refractivity contribution is 5.90. The Morgan fingerprint density at radius 1 is 1.50 bits per heavy atom. The first-order valence-corrected chi connectivity index (χ1v) is 6.25. The van der Waals surface area contributed by atoms with E-state index in [4.69, 9.17) is 9.84 Å².